The van der Waals surface area contributed by atoms with Crippen LogP contribution in [0.25, 0.3) is 22.6 Å². The number of fused-ring (bicyclic) bond motifs is 1. The normalized spacial score (nSPS) is 10.9. The molecule has 0 saturated heterocycles. The van der Waals surface area contributed by atoms with E-state index in [0.29, 0.717) is 5.65 Å². The third kappa shape index (κ3) is 1.65. The maximum Gasteiger partial charge on any atom is 0.181 e. The quantitative estimate of drug-likeness (QED) is 0.688. The van der Waals surface area contributed by atoms with Gasteiger partial charge in [-0.3, -0.25) is 4.98 Å². The highest BCUT2D eigenvalue weighted by Gasteiger charge is 2.09. The summed E-state index contributed by atoms with van der Waals surface area (Å²) in [6.07, 6.45) is 3.21. The largest absolute Gasteiger partial charge is 0.335 e. The number of aromatic amines is 1. The Labute approximate surface area is 98.0 Å². The van der Waals surface area contributed by atoms with Crippen molar-refractivity contribution in [3.8, 4) is 11.4 Å². The predicted molar refractivity (Wildman–Crippen MR) is 64.4 cm³/mol. The summed E-state index contributed by atoms with van der Waals surface area (Å²) in [5.74, 6) is 0.783. The van der Waals surface area contributed by atoms with Gasteiger partial charge in [-0.25, -0.2) is 15.0 Å². The van der Waals surface area contributed by atoms with Crippen molar-refractivity contribution in [2.45, 2.75) is 13.8 Å². The van der Waals surface area contributed by atoms with E-state index >= 15 is 0 Å². The van der Waals surface area contributed by atoms with Crippen LogP contribution in [0.5, 0.6) is 0 Å². The average molecular weight is 225 g/mol. The molecule has 5 heteroatoms. The van der Waals surface area contributed by atoms with Crippen LogP contribution in [-0.2, 0) is 0 Å². The van der Waals surface area contributed by atoms with Gasteiger partial charge in [-0.15, -0.1) is 0 Å². The minimum absolute atomic E-state index is 0.676. The van der Waals surface area contributed by atoms with Crippen LogP contribution in [0.3, 0.4) is 0 Å². The van der Waals surface area contributed by atoms with Crippen molar-refractivity contribution in [1.29, 1.82) is 0 Å². The second-order valence-electron chi connectivity index (χ2n) is 3.93. The van der Waals surface area contributed by atoms with Crippen LogP contribution in [-0.4, -0.2) is 24.9 Å². The summed E-state index contributed by atoms with van der Waals surface area (Å²) in [7, 11) is 0. The molecule has 0 aliphatic rings. The zero-order valence-electron chi connectivity index (χ0n) is 9.60. The van der Waals surface area contributed by atoms with Gasteiger partial charge < -0.3 is 4.98 Å². The molecule has 5 nitrogen and oxygen atoms in total. The summed E-state index contributed by atoms with van der Waals surface area (Å²) in [6.45, 7) is 3.95. The fourth-order valence-electron chi connectivity index (χ4n) is 1.83. The zero-order chi connectivity index (χ0) is 11.8. The Morgan fingerprint density at radius 1 is 1.12 bits per heavy atom. The third-order valence-electron chi connectivity index (χ3n) is 2.64. The number of H-pyrrole nitrogens is 1. The maximum atomic E-state index is 4.43. The van der Waals surface area contributed by atoms with E-state index in [1.54, 1.807) is 6.20 Å². The lowest BCUT2D eigenvalue weighted by Gasteiger charge is -2.01. The third-order valence-corrected chi connectivity index (χ3v) is 2.64. The molecule has 3 aromatic heterocycles. The molecule has 0 unspecified atom stereocenters. The van der Waals surface area contributed by atoms with E-state index in [0.717, 1.165) is 28.3 Å². The van der Waals surface area contributed by atoms with Crippen molar-refractivity contribution in [1.82, 2.24) is 24.9 Å². The van der Waals surface area contributed by atoms with Gasteiger partial charge in [0.25, 0.3) is 0 Å². The molecule has 0 radical (unpaired) electrons. The molecular weight excluding hydrogens is 214 g/mol. The average Bonchev–Trinajstić information content (AvgIpc) is 2.72. The molecule has 0 saturated carbocycles. The van der Waals surface area contributed by atoms with Crippen LogP contribution in [0.2, 0.25) is 0 Å². The fourth-order valence-corrected chi connectivity index (χ4v) is 1.83. The van der Waals surface area contributed by atoms with Crippen LogP contribution in [0.1, 0.15) is 11.4 Å². The lowest BCUT2D eigenvalue weighted by atomic mass is 10.2. The standard InChI is InChI=1S/C12H11N5/c1-7-3-4-9(8(2)15-7)11-16-10-5-13-6-14-12(10)17-11/h3-6H,1-2H3,(H,13,14,16,17). The summed E-state index contributed by atoms with van der Waals surface area (Å²) < 4.78 is 0. The van der Waals surface area contributed by atoms with E-state index in [1.165, 1.54) is 6.33 Å². The highest BCUT2D eigenvalue weighted by atomic mass is 15.0. The van der Waals surface area contributed by atoms with Gasteiger partial charge in [-0.2, -0.15) is 0 Å². The van der Waals surface area contributed by atoms with Crippen LogP contribution in [0, 0.1) is 13.8 Å². The molecule has 0 atom stereocenters. The van der Waals surface area contributed by atoms with Crippen molar-refractivity contribution in [2.75, 3.05) is 0 Å². The highest BCUT2D eigenvalue weighted by molar-refractivity contribution is 5.75. The van der Waals surface area contributed by atoms with Gasteiger partial charge in [-0.1, -0.05) is 0 Å². The van der Waals surface area contributed by atoms with Crippen LogP contribution in [0.4, 0.5) is 0 Å². The maximum absolute atomic E-state index is 4.43. The van der Waals surface area contributed by atoms with Gasteiger partial charge in [0.1, 0.15) is 17.7 Å². The van der Waals surface area contributed by atoms with Gasteiger partial charge in [-0.05, 0) is 26.0 Å². The first kappa shape index (κ1) is 9.89. The molecule has 0 aliphatic carbocycles. The van der Waals surface area contributed by atoms with Crippen LogP contribution in [0.15, 0.2) is 24.7 Å². The van der Waals surface area contributed by atoms with Crippen molar-refractivity contribution in [2.24, 2.45) is 0 Å². The van der Waals surface area contributed by atoms with Gasteiger partial charge in [0.15, 0.2) is 5.65 Å². The van der Waals surface area contributed by atoms with Gasteiger partial charge in [0.05, 0.1) is 6.20 Å². The van der Waals surface area contributed by atoms with E-state index in [-0.39, 0.29) is 0 Å². The molecule has 1 N–H and O–H groups in total. The molecule has 0 amide bonds. The highest BCUT2D eigenvalue weighted by Crippen LogP contribution is 2.21. The number of imidazole rings is 1. The second-order valence-corrected chi connectivity index (χ2v) is 3.93. The van der Waals surface area contributed by atoms with Crippen molar-refractivity contribution in [3.05, 3.63) is 36.0 Å². The number of hydrogen-bond donors (Lipinski definition) is 1. The Morgan fingerprint density at radius 2 is 2.00 bits per heavy atom. The number of aromatic nitrogens is 5. The molecule has 3 heterocycles. The first-order valence-electron chi connectivity index (χ1n) is 5.34. The smallest absolute Gasteiger partial charge is 0.181 e. The minimum Gasteiger partial charge on any atom is -0.335 e. The number of nitrogens with zero attached hydrogens (tertiary/aromatic N) is 4. The van der Waals surface area contributed by atoms with Gasteiger partial charge >= 0.3 is 0 Å². The summed E-state index contributed by atoms with van der Waals surface area (Å²) in [6, 6.07) is 3.99. The SMILES string of the molecule is Cc1ccc(-c2nc3ncncc3[nH]2)c(C)n1. The molecule has 0 bridgehead atoms. The predicted octanol–water partition coefficient (Wildman–Crippen LogP) is 2.03. The molecule has 3 aromatic rings. The Kier molecular flexibility index (Phi) is 2.11. The fraction of sp³-hybridized carbons (Fsp3) is 0.167. The van der Waals surface area contributed by atoms with E-state index in [1.807, 2.05) is 26.0 Å². The molecule has 84 valence electrons. The summed E-state index contributed by atoms with van der Waals surface area (Å²) >= 11 is 0. The van der Waals surface area contributed by atoms with Crippen LogP contribution < -0.4 is 0 Å². The topological polar surface area (TPSA) is 67.3 Å². The summed E-state index contributed by atoms with van der Waals surface area (Å²) in [5, 5.41) is 0. The Hall–Kier alpha value is -2.30. The zero-order valence-corrected chi connectivity index (χ0v) is 9.60. The van der Waals surface area contributed by atoms with Crippen molar-refractivity contribution < 1.29 is 0 Å². The first-order valence-corrected chi connectivity index (χ1v) is 5.34. The molecule has 0 spiro atoms. The minimum atomic E-state index is 0.676. The first-order chi connectivity index (χ1) is 8.24. The lowest BCUT2D eigenvalue weighted by molar-refractivity contribution is 1.11. The number of nitrogens with one attached hydrogen (secondary N) is 1. The molecule has 3 rings (SSSR count). The van der Waals surface area contributed by atoms with Crippen molar-refractivity contribution >= 4 is 11.2 Å². The van der Waals surface area contributed by atoms with E-state index < -0.39 is 0 Å². The van der Waals surface area contributed by atoms with Crippen molar-refractivity contribution in [3.63, 3.8) is 0 Å². The van der Waals surface area contributed by atoms with Crippen LogP contribution >= 0.6 is 0 Å². The second kappa shape index (κ2) is 3.62. The summed E-state index contributed by atoms with van der Waals surface area (Å²) in [4.78, 5) is 20.1. The molecule has 17 heavy (non-hydrogen) atoms. The van der Waals surface area contributed by atoms with E-state index in [2.05, 4.69) is 24.9 Å². The molecule has 0 aromatic carbocycles. The number of hydrogen-bond acceptors (Lipinski definition) is 4. The molecule has 0 fully saturated rings. The summed E-state index contributed by atoms with van der Waals surface area (Å²) in [5.41, 5.74) is 4.46. The Bertz CT molecular complexity index is 653. The lowest BCUT2D eigenvalue weighted by Crippen LogP contribution is -1.91. The van der Waals surface area contributed by atoms with E-state index in [9.17, 15) is 0 Å². The van der Waals surface area contributed by atoms with Gasteiger partial charge in [0, 0.05) is 17.0 Å². The monoisotopic (exact) mass is 225 g/mol. The Balaban J connectivity index is 2.20. The van der Waals surface area contributed by atoms with Gasteiger partial charge in [0.2, 0.25) is 0 Å². The Morgan fingerprint density at radius 3 is 2.76 bits per heavy atom. The number of aryl methyl sites for hydroxylation is 2. The molecule has 0 aliphatic heterocycles. The number of pyridine rings is 1. The molecular formula is C12H11N5. The number of rotatable bonds is 1. The van der Waals surface area contributed by atoms with E-state index in [4.69, 9.17) is 0 Å².